The van der Waals surface area contributed by atoms with Crippen LogP contribution in [0.25, 0.3) is 0 Å². The molecule has 0 atom stereocenters. The molecule has 0 radical (unpaired) electrons. The molecular formula is C15H22N2O4. The van der Waals surface area contributed by atoms with Crippen molar-refractivity contribution in [1.29, 1.82) is 0 Å². The van der Waals surface area contributed by atoms with Gasteiger partial charge in [0.25, 0.3) is 5.91 Å². The van der Waals surface area contributed by atoms with E-state index in [0.29, 0.717) is 31.5 Å². The summed E-state index contributed by atoms with van der Waals surface area (Å²) in [4.78, 5) is 26.0. The third-order valence-electron chi connectivity index (χ3n) is 3.78. The molecule has 2 amide bonds. The summed E-state index contributed by atoms with van der Waals surface area (Å²) < 4.78 is 4.92. The van der Waals surface area contributed by atoms with Crippen LogP contribution in [0.15, 0.2) is 23.0 Å². The number of nitrogens with one attached hydrogen (secondary N) is 1. The third-order valence-corrected chi connectivity index (χ3v) is 3.78. The zero-order valence-electron chi connectivity index (χ0n) is 12.5. The molecule has 1 aliphatic rings. The topological polar surface area (TPSA) is 82.8 Å². The number of hydrogen-bond donors (Lipinski definition) is 2. The van der Waals surface area contributed by atoms with E-state index >= 15 is 0 Å². The standard InChI is InChI=1S/C15H22N2O4/c1-15(2,10-18)16-13(19)11-3-6-17(7-4-11)14(20)12-5-8-21-9-12/h5,8-9,11,18H,3-4,6-7,10H2,1-2H3,(H,16,19). The van der Waals surface area contributed by atoms with Crippen molar-refractivity contribution >= 4 is 11.8 Å². The number of furan rings is 1. The van der Waals surface area contributed by atoms with Gasteiger partial charge in [0, 0.05) is 19.0 Å². The van der Waals surface area contributed by atoms with E-state index in [4.69, 9.17) is 4.42 Å². The lowest BCUT2D eigenvalue weighted by Crippen LogP contribution is -2.50. The fourth-order valence-corrected chi connectivity index (χ4v) is 2.39. The Balaban J connectivity index is 1.86. The van der Waals surface area contributed by atoms with Crippen molar-refractivity contribution in [3.05, 3.63) is 24.2 Å². The second kappa shape index (κ2) is 6.30. The molecule has 0 aromatic carbocycles. The second-order valence-corrected chi connectivity index (χ2v) is 6.11. The van der Waals surface area contributed by atoms with Crippen molar-refractivity contribution in [1.82, 2.24) is 10.2 Å². The molecule has 1 aliphatic heterocycles. The number of aliphatic hydroxyl groups is 1. The van der Waals surface area contributed by atoms with Crippen LogP contribution < -0.4 is 5.32 Å². The first-order chi connectivity index (χ1) is 9.93. The molecule has 6 heteroatoms. The van der Waals surface area contributed by atoms with E-state index in [0.717, 1.165) is 0 Å². The van der Waals surface area contributed by atoms with Gasteiger partial charge in [0.05, 0.1) is 24.0 Å². The smallest absolute Gasteiger partial charge is 0.257 e. The Bertz CT molecular complexity index is 488. The number of likely N-dealkylation sites (tertiary alicyclic amines) is 1. The second-order valence-electron chi connectivity index (χ2n) is 6.11. The molecule has 0 spiro atoms. The van der Waals surface area contributed by atoms with E-state index in [2.05, 4.69) is 5.32 Å². The molecule has 21 heavy (non-hydrogen) atoms. The molecule has 2 rings (SSSR count). The van der Waals surface area contributed by atoms with Gasteiger partial charge in [-0.15, -0.1) is 0 Å². The summed E-state index contributed by atoms with van der Waals surface area (Å²) in [7, 11) is 0. The summed E-state index contributed by atoms with van der Waals surface area (Å²) in [5.74, 6) is -0.216. The van der Waals surface area contributed by atoms with Crippen LogP contribution in [0.1, 0.15) is 37.0 Å². The highest BCUT2D eigenvalue weighted by Gasteiger charge is 2.30. The molecule has 0 saturated carbocycles. The van der Waals surface area contributed by atoms with Crippen LogP contribution in [0.3, 0.4) is 0 Å². The molecule has 1 aromatic heterocycles. The van der Waals surface area contributed by atoms with Gasteiger partial charge in [-0.05, 0) is 32.8 Å². The van der Waals surface area contributed by atoms with Gasteiger partial charge in [0.1, 0.15) is 6.26 Å². The van der Waals surface area contributed by atoms with E-state index in [-0.39, 0.29) is 24.3 Å². The Hall–Kier alpha value is -1.82. The molecule has 1 fully saturated rings. The molecular weight excluding hydrogens is 272 g/mol. The number of carbonyl (C=O) groups excluding carboxylic acids is 2. The largest absolute Gasteiger partial charge is 0.472 e. The van der Waals surface area contributed by atoms with E-state index in [9.17, 15) is 14.7 Å². The minimum absolute atomic E-state index is 0.0514. The Morgan fingerprint density at radius 3 is 2.62 bits per heavy atom. The van der Waals surface area contributed by atoms with Gasteiger partial charge < -0.3 is 19.7 Å². The predicted molar refractivity (Wildman–Crippen MR) is 76.6 cm³/mol. The van der Waals surface area contributed by atoms with Gasteiger partial charge >= 0.3 is 0 Å². The quantitative estimate of drug-likeness (QED) is 0.868. The Kier molecular flexibility index (Phi) is 4.67. The van der Waals surface area contributed by atoms with Gasteiger partial charge in [0.2, 0.25) is 5.91 Å². The van der Waals surface area contributed by atoms with E-state index in [1.54, 1.807) is 24.8 Å². The fourth-order valence-electron chi connectivity index (χ4n) is 2.39. The van der Waals surface area contributed by atoms with Crippen LogP contribution in [-0.4, -0.2) is 47.1 Å². The predicted octanol–water partition coefficient (Wildman–Crippen LogP) is 1.02. The maximum absolute atomic E-state index is 12.1. The van der Waals surface area contributed by atoms with Crippen LogP contribution >= 0.6 is 0 Å². The van der Waals surface area contributed by atoms with Crippen LogP contribution in [0.4, 0.5) is 0 Å². The van der Waals surface area contributed by atoms with Crippen LogP contribution in [0, 0.1) is 5.92 Å². The van der Waals surface area contributed by atoms with Gasteiger partial charge in [-0.3, -0.25) is 9.59 Å². The van der Waals surface area contributed by atoms with Crippen molar-refractivity contribution in [2.45, 2.75) is 32.2 Å². The Morgan fingerprint density at radius 2 is 2.10 bits per heavy atom. The highest BCUT2D eigenvalue weighted by atomic mass is 16.3. The van der Waals surface area contributed by atoms with Gasteiger partial charge in [-0.2, -0.15) is 0 Å². The number of amides is 2. The molecule has 0 aliphatic carbocycles. The molecule has 1 aromatic rings. The highest BCUT2D eigenvalue weighted by Crippen LogP contribution is 2.20. The number of rotatable bonds is 4. The minimum Gasteiger partial charge on any atom is -0.472 e. The monoisotopic (exact) mass is 294 g/mol. The van der Waals surface area contributed by atoms with Gasteiger partial charge in [-0.25, -0.2) is 0 Å². The summed E-state index contributed by atoms with van der Waals surface area (Å²) in [5.41, 5.74) is -0.0693. The maximum Gasteiger partial charge on any atom is 0.257 e. The number of nitrogens with zero attached hydrogens (tertiary/aromatic N) is 1. The normalized spacial score (nSPS) is 16.8. The van der Waals surface area contributed by atoms with Gasteiger partial charge in [-0.1, -0.05) is 0 Å². The first-order valence-corrected chi connectivity index (χ1v) is 7.17. The summed E-state index contributed by atoms with van der Waals surface area (Å²) >= 11 is 0. The van der Waals surface area contributed by atoms with E-state index in [1.807, 2.05) is 0 Å². The average Bonchev–Trinajstić information content (AvgIpc) is 3.00. The SMILES string of the molecule is CC(C)(CO)NC(=O)C1CCN(C(=O)c2ccoc2)CC1. The zero-order chi connectivity index (χ0) is 15.5. The van der Waals surface area contributed by atoms with Crippen molar-refractivity contribution in [3.63, 3.8) is 0 Å². The van der Waals surface area contributed by atoms with Crippen LogP contribution in [0.5, 0.6) is 0 Å². The number of piperidine rings is 1. The molecule has 2 heterocycles. The van der Waals surface area contributed by atoms with Crippen molar-refractivity contribution < 1.29 is 19.1 Å². The summed E-state index contributed by atoms with van der Waals surface area (Å²) in [6.45, 7) is 4.57. The van der Waals surface area contributed by atoms with Crippen LogP contribution in [0.2, 0.25) is 0 Å². The molecule has 116 valence electrons. The highest BCUT2D eigenvalue weighted by molar-refractivity contribution is 5.94. The molecule has 1 saturated heterocycles. The summed E-state index contributed by atoms with van der Waals surface area (Å²) in [6.07, 6.45) is 4.18. The molecule has 0 unspecified atom stereocenters. The molecule has 0 bridgehead atoms. The van der Waals surface area contributed by atoms with Crippen molar-refractivity contribution in [2.24, 2.45) is 5.92 Å². The minimum atomic E-state index is -0.610. The zero-order valence-corrected chi connectivity index (χ0v) is 12.5. The summed E-state index contributed by atoms with van der Waals surface area (Å²) in [6, 6.07) is 1.64. The lowest BCUT2D eigenvalue weighted by molar-refractivity contribution is -0.128. The maximum atomic E-state index is 12.1. The number of carbonyl (C=O) groups is 2. The average molecular weight is 294 g/mol. The lowest BCUT2D eigenvalue weighted by Gasteiger charge is -2.33. The summed E-state index contributed by atoms with van der Waals surface area (Å²) in [5, 5.41) is 12.0. The van der Waals surface area contributed by atoms with E-state index < -0.39 is 5.54 Å². The third kappa shape index (κ3) is 3.85. The first kappa shape index (κ1) is 15.6. The van der Waals surface area contributed by atoms with Crippen molar-refractivity contribution in [3.8, 4) is 0 Å². The number of aliphatic hydroxyl groups excluding tert-OH is 1. The Labute approximate surface area is 124 Å². The van der Waals surface area contributed by atoms with Gasteiger partial charge in [0.15, 0.2) is 0 Å². The molecule has 6 nitrogen and oxygen atoms in total. The van der Waals surface area contributed by atoms with Crippen molar-refractivity contribution in [2.75, 3.05) is 19.7 Å². The molecule has 2 N–H and O–H groups in total. The first-order valence-electron chi connectivity index (χ1n) is 7.17. The van der Waals surface area contributed by atoms with E-state index in [1.165, 1.54) is 12.5 Å². The lowest BCUT2D eigenvalue weighted by atomic mass is 9.94. The fraction of sp³-hybridized carbons (Fsp3) is 0.600. The van der Waals surface area contributed by atoms with Crippen LogP contribution in [-0.2, 0) is 4.79 Å². The Morgan fingerprint density at radius 1 is 1.43 bits per heavy atom. The number of hydrogen-bond acceptors (Lipinski definition) is 4.